The predicted molar refractivity (Wildman–Crippen MR) is 119 cm³/mol. The predicted octanol–water partition coefficient (Wildman–Crippen LogP) is 4.39. The van der Waals surface area contributed by atoms with Crippen LogP contribution in [0.15, 0.2) is 65.0 Å². The number of allylic oxidation sites excluding steroid dienone is 1. The highest BCUT2D eigenvalue weighted by atomic mass is 16.3. The highest BCUT2D eigenvalue weighted by Gasteiger charge is 2.26. The Morgan fingerprint density at radius 2 is 2.16 bits per heavy atom. The highest BCUT2D eigenvalue weighted by Crippen LogP contribution is 2.23. The number of aromatic nitrogens is 3. The van der Waals surface area contributed by atoms with Crippen molar-refractivity contribution in [3.63, 3.8) is 0 Å². The van der Waals surface area contributed by atoms with E-state index in [-0.39, 0.29) is 11.9 Å². The van der Waals surface area contributed by atoms with E-state index in [0.717, 1.165) is 47.0 Å². The van der Waals surface area contributed by atoms with Crippen LogP contribution in [-0.4, -0.2) is 38.3 Å². The number of nitrogens with one attached hydrogen (secondary N) is 2. The molecule has 1 aliphatic carbocycles. The summed E-state index contributed by atoms with van der Waals surface area (Å²) >= 11 is 0. The third-order valence-electron chi connectivity index (χ3n) is 5.85. The number of H-pyrrole nitrogens is 1. The molecule has 4 aromatic rings. The lowest BCUT2D eigenvalue weighted by Gasteiger charge is -2.32. The molecular formula is C24H25N5O2. The standard InChI is InChI=1S/C24H25N5O2/c1-2-29(24(30)23-27-19-8-3-4-9-20(19)28-23)18-7-5-6-17(13-18)25-14-16-10-11-21-22(12-16)31-15-26-21/h3-4,8-13,15,18,25H,2,5-7,14H2,1H3,(H,27,28)/t18-/m0/s1. The molecule has 0 aliphatic heterocycles. The molecule has 5 rings (SSSR count). The molecule has 1 atom stereocenters. The largest absolute Gasteiger partial charge is 0.443 e. The molecular weight excluding hydrogens is 390 g/mol. The number of fused-ring (bicyclic) bond motifs is 2. The van der Waals surface area contributed by atoms with Crippen LogP contribution in [0.2, 0.25) is 0 Å². The number of amides is 1. The zero-order valence-electron chi connectivity index (χ0n) is 17.5. The minimum absolute atomic E-state index is 0.0544. The van der Waals surface area contributed by atoms with Gasteiger partial charge in [-0.2, -0.15) is 0 Å². The second kappa shape index (κ2) is 8.26. The summed E-state index contributed by atoms with van der Waals surface area (Å²) in [4.78, 5) is 26.9. The molecule has 1 amide bonds. The average Bonchev–Trinajstić information content (AvgIpc) is 3.45. The van der Waals surface area contributed by atoms with Crippen molar-refractivity contribution in [1.29, 1.82) is 0 Å². The van der Waals surface area contributed by atoms with E-state index in [1.165, 1.54) is 12.1 Å². The van der Waals surface area contributed by atoms with E-state index in [1.54, 1.807) is 0 Å². The Balaban J connectivity index is 1.30. The number of likely N-dealkylation sites (N-methyl/N-ethyl adjacent to an activating group) is 1. The first-order valence-electron chi connectivity index (χ1n) is 10.7. The van der Waals surface area contributed by atoms with Crippen molar-refractivity contribution in [3.05, 3.63) is 72.0 Å². The molecule has 2 aromatic carbocycles. The summed E-state index contributed by atoms with van der Waals surface area (Å²) in [6, 6.07) is 13.8. The van der Waals surface area contributed by atoms with Gasteiger partial charge >= 0.3 is 0 Å². The van der Waals surface area contributed by atoms with Crippen molar-refractivity contribution in [2.75, 3.05) is 6.54 Å². The van der Waals surface area contributed by atoms with Crippen molar-refractivity contribution in [1.82, 2.24) is 25.2 Å². The van der Waals surface area contributed by atoms with Gasteiger partial charge in [-0.25, -0.2) is 9.97 Å². The molecule has 0 saturated heterocycles. The van der Waals surface area contributed by atoms with Gasteiger partial charge in [0.15, 0.2) is 17.8 Å². The number of imidazole rings is 1. The summed E-state index contributed by atoms with van der Waals surface area (Å²) in [7, 11) is 0. The third kappa shape index (κ3) is 3.91. The molecule has 2 aromatic heterocycles. The first-order valence-corrected chi connectivity index (χ1v) is 10.7. The van der Waals surface area contributed by atoms with Gasteiger partial charge in [-0.15, -0.1) is 0 Å². The average molecular weight is 415 g/mol. The van der Waals surface area contributed by atoms with E-state index in [2.05, 4.69) is 32.4 Å². The lowest BCUT2D eigenvalue weighted by molar-refractivity contribution is 0.0700. The maximum Gasteiger partial charge on any atom is 0.290 e. The molecule has 1 aliphatic rings. The summed E-state index contributed by atoms with van der Waals surface area (Å²) in [6.07, 6.45) is 6.63. The van der Waals surface area contributed by atoms with E-state index in [4.69, 9.17) is 4.42 Å². The molecule has 158 valence electrons. The minimum atomic E-state index is -0.0584. The van der Waals surface area contributed by atoms with Gasteiger partial charge in [0.1, 0.15) is 5.52 Å². The molecule has 0 fully saturated rings. The van der Waals surface area contributed by atoms with E-state index < -0.39 is 0 Å². The Bertz CT molecular complexity index is 1220. The van der Waals surface area contributed by atoms with Gasteiger partial charge in [-0.3, -0.25) is 4.79 Å². The summed E-state index contributed by atoms with van der Waals surface area (Å²) < 4.78 is 5.40. The van der Waals surface area contributed by atoms with Crippen molar-refractivity contribution in [2.24, 2.45) is 0 Å². The second-order valence-corrected chi connectivity index (χ2v) is 7.85. The number of rotatable bonds is 6. The highest BCUT2D eigenvalue weighted by molar-refractivity contribution is 5.94. The Labute approximate surface area is 180 Å². The fourth-order valence-corrected chi connectivity index (χ4v) is 4.24. The number of carbonyl (C=O) groups is 1. The monoisotopic (exact) mass is 415 g/mol. The molecule has 0 saturated carbocycles. The van der Waals surface area contributed by atoms with Crippen molar-refractivity contribution >= 4 is 28.0 Å². The van der Waals surface area contributed by atoms with Gasteiger partial charge < -0.3 is 19.6 Å². The Hall–Kier alpha value is -3.61. The second-order valence-electron chi connectivity index (χ2n) is 7.85. The molecule has 2 N–H and O–H groups in total. The molecule has 0 spiro atoms. The molecule has 0 unspecified atom stereocenters. The maximum atomic E-state index is 13.2. The number of carbonyl (C=O) groups excluding carboxylic acids is 1. The molecule has 2 heterocycles. The lowest BCUT2D eigenvalue weighted by atomic mass is 9.98. The molecule has 0 radical (unpaired) electrons. The van der Waals surface area contributed by atoms with Crippen LogP contribution in [0.1, 0.15) is 42.4 Å². The first-order chi connectivity index (χ1) is 15.2. The minimum Gasteiger partial charge on any atom is -0.443 e. The number of hydrogen-bond acceptors (Lipinski definition) is 5. The summed E-state index contributed by atoms with van der Waals surface area (Å²) in [5.74, 6) is 0.342. The fourth-order valence-electron chi connectivity index (χ4n) is 4.24. The smallest absolute Gasteiger partial charge is 0.290 e. The van der Waals surface area contributed by atoms with E-state index in [1.807, 2.05) is 48.2 Å². The normalized spacial score (nSPS) is 16.4. The number of para-hydroxylation sites is 2. The van der Waals surface area contributed by atoms with Gasteiger partial charge in [0.2, 0.25) is 0 Å². The SMILES string of the molecule is CCN(C(=O)c1nc2ccccc2[nH]1)[C@@H]1C=C(NCc2ccc3ncoc3c2)CCC1. The van der Waals surface area contributed by atoms with Gasteiger partial charge in [0, 0.05) is 18.8 Å². The van der Waals surface area contributed by atoms with Crippen LogP contribution in [0.3, 0.4) is 0 Å². The summed E-state index contributed by atoms with van der Waals surface area (Å²) in [5, 5.41) is 3.54. The maximum absolute atomic E-state index is 13.2. The van der Waals surface area contributed by atoms with E-state index in [0.29, 0.717) is 18.9 Å². The summed E-state index contributed by atoms with van der Waals surface area (Å²) in [6.45, 7) is 3.36. The first kappa shape index (κ1) is 19.4. The molecule has 7 nitrogen and oxygen atoms in total. The lowest BCUT2D eigenvalue weighted by Crippen LogP contribution is -2.41. The third-order valence-corrected chi connectivity index (χ3v) is 5.85. The van der Waals surface area contributed by atoms with Gasteiger partial charge in [0.05, 0.1) is 17.1 Å². The number of oxazole rings is 1. The number of benzene rings is 2. The van der Waals surface area contributed by atoms with Gasteiger partial charge in [-0.1, -0.05) is 18.2 Å². The van der Waals surface area contributed by atoms with Crippen LogP contribution in [0.25, 0.3) is 22.1 Å². The van der Waals surface area contributed by atoms with Gasteiger partial charge in [-0.05, 0) is 62.1 Å². The Kier molecular flexibility index (Phi) is 5.16. The van der Waals surface area contributed by atoms with Crippen LogP contribution in [0.5, 0.6) is 0 Å². The van der Waals surface area contributed by atoms with Gasteiger partial charge in [0.25, 0.3) is 5.91 Å². The molecule has 31 heavy (non-hydrogen) atoms. The van der Waals surface area contributed by atoms with Crippen LogP contribution >= 0.6 is 0 Å². The van der Waals surface area contributed by atoms with Crippen LogP contribution in [-0.2, 0) is 6.54 Å². The number of nitrogens with zero attached hydrogens (tertiary/aromatic N) is 3. The summed E-state index contributed by atoms with van der Waals surface area (Å²) in [5.41, 5.74) is 5.66. The quantitative estimate of drug-likeness (QED) is 0.488. The number of aromatic amines is 1. The molecule has 7 heteroatoms. The van der Waals surface area contributed by atoms with Crippen LogP contribution in [0.4, 0.5) is 0 Å². The topological polar surface area (TPSA) is 87.0 Å². The van der Waals surface area contributed by atoms with Crippen molar-refractivity contribution in [2.45, 2.75) is 38.8 Å². The van der Waals surface area contributed by atoms with Crippen LogP contribution < -0.4 is 5.32 Å². The molecule has 0 bridgehead atoms. The Morgan fingerprint density at radius 3 is 3.03 bits per heavy atom. The number of hydrogen-bond donors (Lipinski definition) is 2. The van der Waals surface area contributed by atoms with Crippen molar-refractivity contribution < 1.29 is 9.21 Å². The Morgan fingerprint density at radius 1 is 1.26 bits per heavy atom. The zero-order chi connectivity index (χ0) is 21.2. The van der Waals surface area contributed by atoms with E-state index >= 15 is 0 Å². The van der Waals surface area contributed by atoms with E-state index in [9.17, 15) is 4.79 Å². The zero-order valence-corrected chi connectivity index (χ0v) is 17.5. The fraction of sp³-hybridized carbons (Fsp3) is 0.292. The van der Waals surface area contributed by atoms with Crippen molar-refractivity contribution in [3.8, 4) is 0 Å². The van der Waals surface area contributed by atoms with Crippen LogP contribution in [0, 0.1) is 0 Å².